The smallest absolute Gasteiger partial charge is 0.227 e. The monoisotopic (exact) mass is 560 g/mol. The second-order valence-corrected chi connectivity index (χ2v) is 12.1. The van der Waals surface area contributed by atoms with E-state index in [1.54, 1.807) is 6.20 Å². The molecule has 2 aliphatic heterocycles. The standard InChI is InChI=1S/C31H41FN8O/c1-21(2)4-5-28-27(17-36-40(28)18-22-7-11-39(12-8-22)13-9-32)38-30-34-10-6-26(37-30)23-14-24(16-33)29-25(15-23)31(3,20-41)19-35-29/h6,10,14-15,17,21-22,35,41H,4-5,7-9,11-13,18-20H2,1-3H3,(H,34,37,38)/t31-/m1/s1. The van der Waals surface area contributed by atoms with Gasteiger partial charge in [0.15, 0.2) is 0 Å². The molecule has 3 N–H and O–H groups in total. The van der Waals surface area contributed by atoms with Crippen molar-refractivity contribution in [2.75, 3.05) is 50.1 Å². The molecule has 0 unspecified atom stereocenters. The van der Waals surface area contributed by atoms with Crippen molar-refractivity contribution in [2.24, 2.45) is 11.8 Å². The fourth-order valence-electron chi connectivity index (χ4n) is 5.88. The largest absolute Gasteiger partial charge is 0.395 e. The number of hydrogen-bond donors (Lipinski definition) is 3. The molecule has 9 nitrogen and oxygen atoms in total. The topological polar surface area (TPSA) is 115 Å². The number of rotatable bonds is 11. The highest BCUT2D eigenvalue weighted by Crippen LogP contribution is 2.41. The van der Waals surface area contributed by atoms with Crippen molar-refractivity contribution in [3.63, 3.8) is 0 Å². The summed E-state index contributed by atoms with van der Waals surface area (Å²) in [5.41, 5.74) is 5.35. The lowest BCUT2D eigenvalue weighted by Crippen LogP contribution is -2.36. The number of hydrogen-bond acceptors (Lipinski definition) is 8. The zero-order valence-corrected chi connectivity index (χ0v) is 24.3. The van der Waals surface area contributed by atoms with Crippen molar-refractivity contribution in [1.82, 2.24) is 24.6 Å². The van der Waals surface area contributed by atoms with Crippen molar-refractivity contribution in [2.45, 2.75) is 58.4 Å². The number of nitriles is 1. The van der Waals surface area contributed by atoms with Crippen molar-refractivity contribution >= 4 is 17.3 Å². The maximum atomic E-state index is 12.8. The van der Waals surface area contributed by atoms with Gasteiger partial charge >= 0.3 is 0 Å². The van der Waals surface area contributed by atoms with Gasteiger partial charge in [-0.15, -0.1) is 0 Å². The van der Waals surface area contributed by atoms with Crippen LogP contribution < -0.4 is 10.6 Å². The fraction of sp³-hybridized carbons (Fsp3) is 0.548. The average Bonchev–Trinajstić information content (AvgIpc) is 3.52. The highest BCUT2D eigenvalue weighted by atomic mass is 19.1. The highest BCUT2D eigenvalue weighted by molar-refractivity contribution is 5.76. The summed E-state index contributed by atoms with van der Waals surface area (Å²) < 4.78 is 14.9. The van der Waals surface area contributed by atoms with Gasteiger partial charge in [0.05, 0.1) is 41.1 Å². The molecule has 0 spiro atoms. The van der Waals surface area contributed by atoms with Crippen LogP contribution in [0.3, 0.4) is 0 Å². The third kappa shape index (κ3) is 6.36. The first-order chi connectivity index (χ1) is 19.8. The van der Waals surface area contributed by atoms with E-state index in [4.69, 9.17) is 10.1 Å². The Morgan fingerprint density at radius 1 is 1.29 bits per heavy atom. The summed E-state index contributed by atoms with van der Waals surface area (Å²) in [6.45, 7) is 9.98. The summed E-state index contributed by atoms with van der Waals surface area (Å²) in [7, 11) is 0. The number of benzene rings is 1. The number of piperidine rings is 1. The SMILES string of the molecule is CC(C)CCc1c(Nc2nccc(-c3cc(C#N)c4c(c3)[C@@](C)(CO)CN4)n2)cnn1CC1CCN(CCF)CC1. The van der Waals surface area contributed by atoms with Crippen LogP contribution in [0.25, 0.3) is 11.3 Å². The Hall–Kier alpha value is -3.55. The highest BCUT2D eigenvalue weighted by Gasteiger charge is 2.36. The zero-order valence-electron chi connectivity index (χ0n) is 24.3. The van der Waals surface area contributed by atoms with Crippen molar-refractivity contribution in [1.29, 1.82) is 5.26 Å². The number of aliphatic hydroxyl groups is 1. The molecule has 10 heteroatoms. The Labute approximate surface area is 241 Å². The summed E-state index contributed by atoms with van der Waals surface area (Å²) in [5.74, 6) is 1.54. The van der Waals surface area contributed by atoms with E-state index in [0.29, 0.717) is 42.1 Å². The summed E-state index contributed by atoms with van der Waals surface area (Å²) in [4.78, 5) is 11.5. The van der Waals surface area contributed by atoms with Gasteiger partial charge in [-0.3, -0.25) is 4.68 Å². The minimum atomic E-state index is -0.463. The first-order valence-electron chi connectivity index (χ1n) is 14.7. The average molecular weight is 561 g/mol. The van der Waals surface area contributed by atoms with Gasteiger partial charge in [0.2, 0.25) is 5.95 Å². The maximum Gasteiger partial charge on any atom is 0.227 e. The molecule has 2 aromatic heterocycles. The number of nitrogens with one attached hydrogen (secondary N) is 2. The quantitative estimate of drug-likeness (QED) is 0.303. The predicted octanol–water partition coefficient (Wildman–Crippen LogP) is 4.90. The van der Waals surface area contributed by atoms with Crippen LogP contribution in [-0.2, 0) is 18.4 Å². The number of nitrogens with zero attached hydrogens (tertiary/aromatic N) is 6. The molecule has 0 aliphatic carbocycles. The number of aromatic nitrogens is 4. The van der Waals surface area contributed by atoms with Crippen LogP contribution in [0.4, 0.5) is 21.7 Å². The Balaban J connectivity index is 1.38. The van der Waals surface area contributed by atoms with E-state index >= 15 is 0 Å². The van der Waals surface area contributed by atoms with Gasteiger partial charge in [-0.1, -0.05) is 20.8 Å². The molecule has 0 saturated carbocycles. The van der Waals surface area contributed by atoms with Crippen LogP contribution in [0.1, 0.15) is 56.9 Å². The Kier molecular flexibility index (Phi) is 8.85. The van der Waals surface area contributed by atoms with Gasteiger partial charge in [-0.25, -0.2) is 14.4 Å². The lowest BCUT2D eigenvalue weighted by atomic mass is 9.83. The molecule has 0 radical (unpaired) electrons. The third-order valence-corrected chi connectivity index (χ3v) is 8.56. The number of alkyl halides is 1. The van der Waals surface area contributed by atoms with Crippen molar-refractivity contribution in [3.8, 4) is 17.3 Å². The van der Waals surface area contributed by atoms with Crippen molar-refractivity contribution in [3.05, 3.63) is 47.4 Å². The van der Waals surface area contributed by atoms with E-state index in [0.717, 1.165) is 73.5 Å². The van der Waals surface area contributed by atoms with Gasteiger partial charge in [0.25, 0.3) is 0 Å². The number of aliphatic hydroxyl groups excluding tert-OH is 1. The third-order valence-electron chi connectivity index (χ3n) is 8.56. The second kappa shape index (κ2) is 12.5. The van der Waals surface area contributed by atoms with Gasteiger partial charge in [0, 0.05) is 36.8 Å². The minimum Gasteiger partial charge on any atom is -0.395 e. The Morgan fingerprint density at radius 3 is 2.80 bits per heavy atom. The molecule has 0 amide bonds. The Bertz CT molecular complexity index is 1390. The van der Waals surface area contributed by atoms with E-state index in [1.807, 2.05) is 31.3 Å². The summed E-state index contributed by atoms with van der Waals surface area (Å²) >= 11 is 0. The van der Waals surface area contributed by atoms with E-state index in [9.17, 15) is 14.8 Å². The first-order valence-corrected chi connectivity index (χ1v) is 14.7. The second-order valence-electron chi connectivity index (χ2n) is 12.1. The maximum absolute atomic E-state index is 12.8. The molecule has 41 heavy (non-hydrogen) atoms. The first kappa shape index (κ1) is 29.0. The molecule has 1 aromatic carbocycles. The van der Waals surface area contributed by atoms with Crippen LogP contribution in [0.15, 0.2) is 30.6 Å². The normalized spacial score (nSPS) is 19.2. The van der Waals surface area contributed by atoms with Gasteiger partial charge in [-0.2, -0.15) is 10.4 Å². The van der Waals surface area contributed by atoms with Crippen LogP contribution in [0, 0.1) is 23.2 Å². The van der Waals surface area contributed by atoms with Crippen LogP contribution in [0.2, 0.25) is 0 Å². The summed E-state index contributed by atoms with van der Waals surface area (Å²) in [5, 5.41) is 31.4. The van der Waals surface area contributed by atoms with Crippen molar-refractivity contribution < 1.29 is 9.50 Å². The van der Waals surface area contributed by atoms with E-state index in [2.05, 4.69) is 45.1 Å². The van der Waals surface area contributed by atoms with Crippen LogP contribution in [0.5, 0.6) is 0 Å². The van der Waals surface area contributed by atoms with Crippen LogP contribution >= 0.6 is 0 Å². The molecule has 1 atom stereocenters. The predicted molar refractivity (Wildman–Crippen MR) is 159 cm³/mol. The van der Waals surface area contributed by atoms with E-state index < -0.39 is 5.41 Å². The summed E-state index contributed by atoms with van der Waals surface area (Å²) in [6.07, 6.45) is 7.62. The lowest BCUT2D eigenvalue weighted by molar-refractivity contribution is 0.160. The lowest BCUT2D eigenvalue weighted by Gasteiger charge is -2.31. The molecule has 0 bridgehead atoms. The fourth-order valence-corrected chi connectivity index (χ4v) is 5.88. The van der Waals surface area contributed by atoms with Gasteiger partial charge < -0.3 is 20.6 Å². The zero-order chi connectivity index (χ0) is 29.0. The number of likely N-dealkylation sites (tertiary alicyclic amines) is 1. The summed E-state index contributed by atoms with van der Waals surface area (Å²) in [6, 6.07) is 7.99. The Morgan fingerprint density at radius 2 is 2.10 bits per heavy atom. The molecular formula is C31H41FN8O. The molecule has 218 valence electrons. The minimum absolute atomic E-state index is 0.0161. The number of halogens is 1. The molecule has 5 rings (SSSR count). The molecule has 3 aromatic rings. The van der Waals surface area contributed by atoms with Crippen LogP contribution in [-0.4, -0.2) is 69.2 Å². The van der Waals surface area contributed by atoms with Gasteiger partial charge in [0.1, 0.15) is 12.7 Å². The van der Waals surface area contributed by atoms with E-state index in [1.165, 1.54) is 0 Å². The van der Waals surface area contributed by atoms with E-state index in [-0.39, 0.29) is 13.3 Å². The molecular weight excluding hydrogens is 519 g/mol. The molecule has 4 heterocycles. The molecule has 1 saturated heterocycles. The molecule has 1 fully saturated rings. The molecule has 2 aliphatic rings. The van der Waals surface area contributed by atoms with Gasteiger partial charge in [-0.05, 0) is 74.4 Å². The number of anilines is 3. The number of fused-ring (bicyclic) bond motifs is 1.